The maximum absolute atomic E-state index is 13.2. The molecule has 4 saturated carbocycles. The van der Waals surface area contributed by atoms with E-state index in [1.165, 1.54) is 0 Å². The number of rotatable bonds is 2. The minimum Gasteiger partial charge on any atom is -0.171 e. The first-order valence-corrected chi connectivity index (χ1v) is 11.1. The van der Waals surface area contributed by atoms with E-state index < -0.39 is 24.7 Å². The van der Waals surface area contributed by atoms with Crippen LogP contribution in [0.25, 0.3) is 0 Å². The van der Waals surface area contributed by atoms with Crippen molar-refractivity contribution in [3.8, 4) is 0 Å². The third-order valence-corrected chi connectivity index (χ3v) is 9.39. The van der Waals surface area contributed by atoms with E-state index in [1.54, 1.807) is 0 Å². The summed E-state index contributed by atoms with van der Waals surface area (Å²) in [7, 11) is 0. The Morgan fingerprint density at radius 2 is 1.50 bits per heavy atom. The normalized spacial score (nSPS) is 46.6. The molecule has 0 aliphatic heterocycles. The Kier molecular flexibility index (Phi) is 5.27. The Bertz CT molecular complexity index is 566. The molecule has 8 atom stereocenters. The number of hydrogen-bond donors (Lipinski definition) is 0. The zero-order valence-corrected chi connectivity index (χ0v) is 16.6. The number of alkyl halides is 6. The molecule has 0 aromatic rings. The fraction of sp³-hybridized carbons (Fsp3) is 1.00. The Labute approximate surface area is 163 Å². The van der Waals surface area contributed by atoms with E-state index in [0.29, 0.717) is 36.5 Å². The number of fused-ring (bicyclic) bond motifs is 5. The molecule has 162 valence electrons. The summed E-state index contributed by atoms with van der Waals surface area (Å²) < 4.78 is 77.8. The molecule has 0 saturated heterocycles. The van der Waals surface area contributed by atoms with E-state index in [0.717, 1.165) is 38.5 Å². The summed E-state index contributed by atoms with van der Waals surface area (Å²) in [5.41, 5.74) is 0.00241. The van der Waals surface area contributed by atoms with Gasteiger partial charge in [0.1, 0.15) is 0 Å². The summed E-state index contributed by atoms with van der Waals surface area (Å²) >= 11 is 0. The van der Waals surface area contributed by atoms with Crippen molar-refractivity contribution in [3.05, 3.63) is 0 Å². The van der Waals surface area contributed by atoms with Gasteiger partial charge in [-0.2, -0.15) is 26.3 Å². The molecule has 0 aromatic carbocycles. The van der Waals surface area contributed by atoms with Gasteiger partial charge in [-0.3, -0.25) is 0 Å². The van der Waals surface area contributed by atoms with Crippen LogP contribution in [0, 0.1) is 46.8 Å². The summed E-state index contributed by atoms with van der Waals surface area (Å²) in [6.45, 7) is 2.22. The first-order chi connectivity index (χ1) is 13.0. The SMILES string of the molecule is CC12CCC3C4CC[C@H](C(F)(F)F)CC4CCC3C1CCC2CCC(F)(F)F. The standard InChI is InChI=1S/C22H32F6/c1-20-10-9-17-16-6-3-15(22(26,27)28)12-13(16)2-5-18(17)19(20)7-4-14(20)8-11-21(23,24)25/h13-19H,2-12H2,1H3/t13?,14?,15-,16?,17?,18?,19?,20?/m0/s1. The lowest BCUT2D eigenvalue weighted by atomic mass is 9.49. The van der Waals surface area contributed by atoms with Crippen molar-refractivity contribution >= 4 is 0 Å². The molecule has 7 unspecified atom stereocenters. The molecule has 0 nitrogen and oxygen atoms in total. The van der Waals surface area contributed by atoms with Crippen LogP contribution in [0.15, 0.2) is 0 Å². The quantitative estimate of drug-likeness (QED) is 0.408. The van der Waals surface area contributed by atoms with Crippen molar-refractivity contribution in [2.24, 2.45) is 46.8 Å². The van der Waals surface area contributed by atoms with E-state index in [-0.39, 0.29) is 30.1 Å². The van der Waals surface area contributed by atoms with Crippen LogP contribution in [0.2, 0.25) is 0 Å². The predicted molar refractivity (Wildman–Crippen MR) is 95.4 cm³/mol. The maximum Gasteiger partial charge on any atom is 0.391 e. The van der Waals surface area contributed by atoms with Crippen molar-refractivity contribution in [3.63, 3.8) is 0 Å². The highest BCUT2D eigenvalue weighted by Crippen LogP contribution is 2.65. The van der Waals surface area contributed by atoms with Crippen LogP contribution < -0.4 is 0 Å². The molecule has 4 fully saturated rings. The molecule has 0 aromatic heterocycles. The zero-order valence-electron chi connectivity index (χ0n) is 16.6. The Morgan fingerprint density at radius 3 is 2.18 bits per heavy atom. The highest BCUT2D eigenvalue weighted by molar-refractivity contribution is 5.06. The van der Waals surface area contributed by atoms with Gasteiger partial charge in [0.2, 0.25) is 0 Å². The Hall–Kier alpha value is -0.420. The molecule has 6 heteroatoms. The van der Waals surface area contributed by atoms with Gasteiger partial charge >= 0.3 is 12.4 Å². The monoisotopic (exact) mass is 410 g/mol. The molecule has 0 bridgehead atoms. The molecular weight excluding hydrogens is 378 g/mol. The molecule has 0 heterocycles. The fourth-order valence-corrected chi connectivity index (χ4v) is 8.07. The summed E-state index contributed by atoms with van der Waals surface area (Å²) in [6, 6.07) is 0. The largest absolute Gasteiger partial charge is 0.391 e. The summed E-state index contributed by atoms with van der Waals surface area (Å²) in [5.74, 6) is 1.15. The lowest BCUT2D eigenvalue weighted by molar-refractivity contribution is -0.196. The average Bonchev–Trinajstić information content (AvgIpc) is 2.94. The molecule has 4 aliphatic rings. The van der Waals surface area contributed by atoms with Crippen LogP contribution in [0.4, 0.5) is 26.3 Å². The van der Waals surface area contributed by atoms with Crippen LogP contribution in [0.1, 0.15) is 77.6 Å². The highest BCUT2D eigenvalue weighted by Gasteiger charge is 2.58. The Morgan fingerprint density at radius 1 is 0.786 bits per heavy atom. The van der Waals surface area contributed by atoms with Crippen molar-refractivity contribution < 1.29 is 26.3 Å². The molecule has 0 amide bonds. The van der Waals surface area contributed by atoms with Crippen molar-refractivity contribution in [2.45, 2.75) is 89.9 Å². The summed E-state index contributed by atoms with van der Waals surface area (Å²) in [4.78, 5) is 0. The van der Waals surface area contributed by atoms with Gasteiger partial charge in [0.05, 0.1) is 5.92 Å². The smallest absolute Gasteiger partial charge is 0.171 e. The molecular formula is C22H32F6. The van der Waals surface area contributed by atoms with Gasteiger partial charge in [0.15, 0.2) is 0 Å². The van der Waals surface area contributed by atoms with Gasteiger partial charge in [-0.25, -0.2) is 0 Å². The maximum atomic E-state index is 13.2. The molecule has 4 rings (SSSR count). The fourth-order valence-electron chi connectivity index (χ4n) is 8.07. The second-order valence-corrected chi connectivity index (χ2v) is 10.5. The predicted octanol–water partition coefficient (Wildman–Crippen LogP) is 7.78. The number of hydrogen-bond acceptors (Lipinski definition) is 0. The van der Waals surface area contributed by atoms with Crippen LogP contribution in [0.3, 0.4) is 0 Å². The molecule has 28 heavy (non-hydrogen) atoms. The van der Waals surface area contributed by atoms with Crippen LogP contribution >= 0.6 is 0 Å². The van der Waals surface area contributed by atoms with E-state index in [1.807, 2.05) is 0 Å². The third kappa shape index (κ3) is 3.71. The minimum atomic E-state index is -4.08. The van der Waals surface area contributed by atoms with E-state index in [9.17, 15) is 26.3 Å². The van der Waals surface area contributed by atoms with Gasteiger partial charge < -0.3 is 0 Å². The van der Waals surface area contributed by atoms with E-state index >= 15 is 0 Å². The lowest BCUT2D eigenvalue weighted by Gasteiger charge is -2.56. The minimum absolute atomic E-state index is 0.00241. The first kappa shape index (κ1) is 20.8. The second kappa shape index (κ2) is 7.08. The molecule has 0 N–H and O–H groups in total. The Balaban J connectivity index is 1.44. The summed E-state index contributed by atoms with van der Waals surface area (Å²) in [6.07, 6.45) is -1.57. The van der Waals surface area contributed by atoms with E-state index in [2.05, 4.69) is 6.92 Å². The van der Waals surface area contributed by atoms with E-state index in [4.69, 9.17) is 0 Å². The van der Waals surface area contributed by atoms with Crippen molar-refractivity contribution in [1.29, 1.82) is 0 Å². The second-order valence-electron chi connectivity index (χ2n) is 10.5. The highest BCUT2D eigenvalue weighted by atomic mass is 19.4. The van der Waals surface area contributed by atoms with Crippen molar-refractivity contribution in [1.82, 2.24) is 0 Å². The van der Waals surface area contributed by atoms with Crippen LogP contribution in [-0.4, -0.2) is 12.4 Å². The lowest BCUT2D eigenvalue weighted by Crippen LogP contribution is -2.49. The molecule has 0 radical (unpaired) electrons. The summed E-state index contributed by atoms with van der Waals surface area (Å²) in [5, 5.41) is 0. The van der Waals surface area contributed by atoms with Gasteiger partial charge in [0.25, 0.3) is 0 Å². The zero-order chi connectivity index (χ0) is 20.3. The molecule has 4 aliphatic carbocycles. The first-order valence-electron chi connectivity index (χ1n) is 11.1. The van der Waals surface area contributed by atoms with Gasteiger partial charge in [-0.1, -0.05) is 6.92 Å². The van der Waals surface area contributed by atoms with Gasteiger partial charge in [0, 0.05) is 6.42 Å². The molecule has 0 spiro atoms. The van der Waals surface area contributed by atoms with Gasteiger partial charge in [-0.05, 0) is 105 Å². The average molecular weight is 410 g/mol. The van der Waals surface area contributed by atoms with Crippen LogP contribution in [-0.2, 0) is 0 Å². The topological polar surface area (TPSA) is 0 Å². The third-order valence-electron chi connectivity index (χ3n) is 9.39. The van der Waals surface area contributed by atoms with Gasteiger partial charge in [-0.15, -0.1) is 0 Å². The van der Waals surface area contributed by atoms with Crippen molar-refractivity contribution in [2.75, 3.05) is 0 Å². The number of halogens is 6. The van der Waals surface area contributed by atoms with Crippen LogP contribution in [0.5, 0.6) is 0 Å².